The predicted molar refractivity (Wildman–Crippen MR) is 190 cm³/mol. The zero-order chi connectivity index (χ0) is 32.2. The van der Waals surface area contributed by atoms with E-state index in [1.54, 1.807) is 0 Å². The summed E-state index contributed by atoms with van der Waals surface area (Å²) in [5.74, 6) is -0.662. The Morgan fingerprint density at radius 1 is 0.500 bits per heavy atom. The third-order valence-electron chi connectivity index (χ3n) is 8.98. The SMILES string of the molecule is CCCCCCCC/C=C\CCCCCCCC(=O)OC(C)CCCCCCCCCCCCCCCCCCCC(=O)O. The van der Waals surface area contributed by atoms with Crippen molar-refractivity contribution in [3.05, 3.63) is 12.2 Å². The van der Waals surface area contributed by atoms with E-state index in [4.69, 9.17) is 9.84 Å². The number of allylic oxidation sites excluding steroid dienone is 2. The summed E-state index contributed by atoms with van der Waals surface area (Å²) in [6.07, 6.45) is 45.1. The summed E-state index contributed by atoms with van der Waals surface area (Å²) in [7, 11) is 0. The number of hydrogen-bond donors (Lipinski definition) is 1. The standard InChI is InChI=1S/C40H76O4/c1-3-4-5-6-7-8-9-10-14-19-22-25-28-31-34-37-40(43)44-38(2)35-32-29-26-23-20-17-15-12-11-13-16-18-21-24-27-30-33-36-39(41)42/h10,14,38H,3-9,11-13,15-37H2,1-2H3,(H,41,42)/b14-10-. The lowest BCUT2D eigenvalue weighted by atomic mass is 10.0. The molecular weight excluding hydrogens is 544 g/mol. The molecule has 44 heavy (non-hydrogen) atoms. The first kappa shape index (κ1) is 42.7. The molecule has 0 saturated heterocycles. The van der Waals surface area contributed by atoms with Gasteiger partial charge in [-0.15, -0.1) is 0 Å². The van der Waals surface area contributed by atoms with Gasteiger partial charge < -0.3 is 9.84 Å². The number of rotatable bonds is 36. The maximum absolute atomic E-state index is 12.2. The molecule has 0 aliphatic heterocycles. The fraction of sp³-hybridized carbons (Fsp3) is 0.900. The number of carbonyl (C=O) groups excluding carboxylic acids is 1. The van der Waals surface area contributed by atoms with Gasteiger partial charge in [-0.3, -0.25) is 9.59 Å². The van der Waals surface area contributed by atoms with Gasteiger partial charge >= 0.3 is 11.9 Å². The molecular formula is C40H76O4. The van der Waals surface area contributed by atoms with Crippen molar-refractivity contribution in [2.45, 2.75) is 232 Å². The van der Waals surface area contributed by atoms with Gasteiger partial charge in [0.15, 0.2) is 0 Å². The lowest BCUT2D eigenvalue weighted by Gasteiger charge is -2.13. The van der Waals surface area contributed by atoms with E-state index >= 15 is 0 Å². The third kappa shape index (κ3) is 36.9. The van der Waals surface area contributed by atoms with E-state index in [9.17, 15) is 9.59 Å². The largest absolute Gasteiger partial charge is 0.481 e. The van der Waals surface area contributed by atoms with Crippen LogP contribution in [0, 0.1) is 0 Å². The highest BCUT2D eigenvalue weighted by molar-refractivity contribution is 5.69. The zero-order valence-electron chi connectivity index (χ0n) is 29.7. The van der Waals surface area contributed by atoms with Gasteiger partial charge in [0.05, 0.1) is 6.10 Å². The van der Waals surface area contributed by atoms with Crippen LogP contribution in [0.3, 0.4) is 0 Å². The second-order valence-corrected chi connectivity index (χ2v) is 13.6. The molecule has 4 nitrogen and oxygen atoms in total. The van der Waals surface area contributed by atoms with Crippen molar-refractivity contribution < 1.29 is 19.4 Å². The minimum atomic E-state index is -0.662. The van der Waals surface area contributed by atoms with E-state index in [1.807, 2.05) is 0 Å². The van der Waals surface area contributed by atoms with Crippen LogP contribution in [0.5, 0.6) is 0 Å². The van der Waals surface area contributed by atoms with Crippen molar-refractivity contribution in [2.75, 3.05) is 0 Å². The molecule has 0 aromatic rings. The van der Waals surface area contributed by atoms with Crippen molar-refractivity contribution in [1.29, 1.82) is 0 Å². The molecule has 0 amide bonds. The summed E-state index contributed by atoms with van der Waals surface area (Å²) in [6, 6.07) is 0. The number of ether oxygens (including phenoxy) is 1. The Hall–Kier alpha value is -1.32. The molecule has 0 rings (SSSR count). The summed E-state index contributed by atoms with van der Waals surface area (Å²) in [5.41, 5.74) is 0. The molecule has 260 valence electrons. The van der Waals surface area contributed by atoms with E-state index < -0.39 is 5.97 Å². The quantitative estimate of drug-likeness (QED) is 0.0430. The van der Waals surface area contributed by atoms with Gasteiger partial charge in [-0.2, -0.15) is 0 Å². The Balaban J connectivity index is 3.30. The topological polar surface area (TPSA) is 63.6 Å². The van der Waals surface area contributed by atoms with Gasteiger partial charge in [-0.25, -0.2) is 0 Å². The van der Waals surface area contributed by atoms with Crippen LogP contribution >= 0.6 is 0 Å². The summed E-state index contributed by atoms with van der Waals surface area (Å²) in [4.78, 5) is 22.6. The highest BCUT2D eigenvalue weighted by Gasteiger charge is 2.09. The Morgan fingerprint density at radius 3 is 1.25 bits per heavy atom. The van der Waals surface area contributed by atoms with Crippen molar-refractivity contribution >= 4 is 11.9 Å². The summed E-state index contributed by atoms with van der Waals surface area (Å²) in [5, 5.41) is 8.64. The molecule has 0 aliphatic rings. The molecule has 1 N–H and O–H groups in total. The number of carbonyl (C=O) groups is 2. The number of carboxylic acid groups (broad SMARTS) is 1. The molecule has 0 fully saturated rings. The predicted octanol–water partition coefficient (Wildman–Crippen LogP) is 13.5. The zero-order valence-corrected chi connectivity index (χ0v) is 29.7. The lowest BCUT2D eigenvalue weighted by Crippen LogP contribution is -2.14. The number of aliphatic carboxylic acids is 1. The van der Waals surface area contributed by atoms with E-state index in [1.165, 1.54) is 167 Å². The Kier molecular flexibility index (Phi) is 35.1. The fourth-order valence-electron chi connectivity index (χ4n) is 6.04. The summed E-state index contributed by atoms with van der Waals surface area (Å²) >= 11 is 0. The average Bonchev–Trinajstić information content (AvgIpc) is 3.00. The number of hydrogen-bond acceptors (Lipinski definition) is 3. The number of esters is 1. The Bertz CT molecular complexity index is 629. The van der Waals surface area contributed by atoms with Crippen LogP contribution in [0.2, 0.25) is 0 Å². The van der Waals surface area contributed by atoms with E-state index in [0.29, 0.717) is 12.8 Å². The maximum Gasteiger partial charge on any atom is 0.306 e. The smallest absolute Gasteiger partial charge is 0.306 e. The van der Waals surface area contributed by atoms with Gasteiger partial charge in [0, 0.05) is 12.8 Å². The summed E-state index contributed by atoms with van der Waals surface area (Å²) in [6.45, 7) is 4.33. The highest BCUT2D eigenvalue weighted by Crippen LogP contribution is 2.16. The van der Waals surface area contributed by atoms with Gasteiger partial charge in [0.1, 0.15) is 0 Å². The number of carboxylic acids is 1. The van der Waals surface area contributed by atoms with Gasteiger partial charge in [-0.05, 0) is 58.3 Å². The first-order valence-electron chi connectivity index (χ1n) is 19.6. The second kappa shape index (κ2) is 36.2. The third-order valence-corrected chi connectivity index (χ3v) is 8.98. The molecule has 0 aromatic carbocycles. The highest BCUT2D eigenvalue weighted by atomic mass is 16.5. The lowest BCUT2D eigenvalue weighted by molar-refractivity contribution is -0.148. The molecule has 1 atom stereocenters. The van der Waals surface area contributed by atoms with Gasteiger partial charge in [0.2, 0.25) is 0 Å². The molecule has 0 aromatic heterocycles. The van der Waals surface area contributed by atoms with Gasteiger partial charge in [-0.1, -0.05) is 167 Å². The fourth-order valence-corrected chi connectivity index (χ4v) is 6.04. The van der Waals surface area contributed by atoms with Crippen LogP contribution in [0.15, 0.2) is 12.2 Å². The molecule has 0 aliphatic carbocycles. The minimum Gasteiger partial charge on any atom is -0.481 e. The van der Waals surface area contributed by atoms with E-state index in [-0.39, 0.29) is 12.1 Å². The first-order chi connectivity index (χ1) is 21.6. The van der Waals surface area contributed by atoms with Crippen molar-refractivity contribution in [1.82, 2.24) is 0 Å². The molecule has 0 radical (unpaired) electrons. The molecule has 0 saturated carbocycles. The van der Waals surface area contributed by atoms with Crippen LogP contribution in [0.4, 0.5) is 0 Å². The average molecular weight is 621 g/mol. The molecule has 0 bridgehead atoms. The van der Waals surface area contributed by atoms with E-state index in [2.05, 4.69) is 26.0 Å². The molecule has 0 spiro atoms. The van der Waals surface area contributed by atoms with Crippen LogP contribution < -0.4 is 0 Å². The van der Waals surface area contributed by atoms with Gasteiger partial charge in [0.25, 0.3) is 0 Å². The van der Waals surface area contributed by atoms with Crippen molar-refractivity contribution in [3.63, 3.8) is 0 Å². The van der Waals surface area contributed by atoms with Crippen molar-refractivity contribution in [3.8, 4) is 0 Å². The Morgan fingerprint density at radius 2 is 0.841 bits per heavy atom. The van der Waals surface area contributed by atoms with Crippen LogP contribution in [-0.2, 0) is 14.3 Å². The molecule has 1 unspecified atom stereocenters. The maximum atomic E-state index is 12.2. The van der Waals surface area contributed by atoms with Crippen LogP contribution in [0.1, 0.15) is 226 Å². The Labute approximate surface area is 275 Å². The number of unbranched alkanes of at least 4 members (excludes halogenated alkanes) is 27. The first-order valence-corrected chi connectivity index (χ1v) is 19.6. The summed E-state index contributed by atoms with van der Waals surface area (Å²) < 4.78 is 5.64. The normalized spacial score (nSPS) is 12.2. The second-order valence-electron chi connectivity index (χ2n) is 13.6. The van der Waals surface area contributed by atoms with Crippen molar-refractivity contribution in [2.24, 2.45) is 0 Å². The minimum absolute atomic E-state index is 0.0000851. The molecule has 4 heteroatoms. The van der Waals surface area contributed by atoms with Crippen LogP contribution in [-0.4, -0.2) is 23.1 Å². The molecule has 0 heterocycles. The van der Waals surface area contributed by atoms with Crippen LogP contribution in [0.25, 0.3) is 0 Å². The monoisotopic (exact) mass is 621 g/mol. The van der Waals surface area contributed by atoms with E-state index in [0.717, 1.165) is 32.1 Å².